The summed E-state index contributed by atoms with van der Waals surface area (Å²) in [4.78, 5) is 20.8. The second-order valence-electron chi connectivity index (χ2n) is 6.07. The number of rotatable bonds is 6. The summed E-state index contributed by atoms with van der Waals surface area (Å²) in [5.74, 6) is 0.465. The molecule has 0 fully saturated rings. The zero-order valence-corrected chi connectivity index (χ0v) is 15.3. The molecular weight excluding hydrogens is 340 g/mol. The van der Waals surface area contributed by atoms with E-state index < -0.39 is 0 Å². The number of benzene rings is 2. The molecule has 0 saturated heterocycles. The third-order valence-corrected chi connectivity index (χ3v) is 4.12. The molecular formula is C21H22N4O2. The Morgan fingerprint density at radius 2 is 1.96 bits per heavy atom. The third-order valence-electron chi connectivity index (χ3n) is 4.12. The highest BCUT2D eigenvalue weighted by Crippen LogP contribution is 2.25. The van der Waals surface area contributed by atoms with Crippen LogP contribution in [0.5, 0.6) is 0 Å². The maximum absolute atomic E-state index is 12.0. The predicted molar refractivity (Wildman–Crippen MR) is 106 cm³/mol. The molecule has 0 aliphatic rings. The Bertz CT molecular complexity index is 928. The Balaban J connectivity index is 1.87. The van der Waals surface area contributed by atoms with Crippen molar-refractivity contribution in [3.63, 3.8) is 0 Å². The monoisotopic (exact) mass is 362 g/mol. The number of aromatic nitrogens is 2. The predicted octanol–water partition coefficient (Wildman–Crippen LogP) is 4.08. The Morgan fingerprint density at radius 1 is 1.19 bits per heavy atom. The van der Waals surface area contributed by atoms with Gasteiger partial charge in [0.2, 0.25) is 0 Å². The molecule has 3 aromatic rings. The molecule has 0 radical (unpaired) electrons. The Kier molecular flexibility index (Phi) is 5.66. The van der Waals surface area contributed by atoms with Gasteiger partial charge in [0.15, 0.2) is 11.6 Å². The molecule has 6 heteroatoms. The first kappa shape index (κ1) is 18.4. The van der Waals surface area contributed by atoms with Crippen LogP contribution in [-0.2, 0) is 4.74 Å². The van der Waals surface area contributed by atoms with Crippen LogP contribution in [0, 0.1) is 0 Å². The van der Waals surface area contributed by atoms with E-state index in [0.29, 0.717) is 29.5 Å². The fourth-order valence-electron chi connectivity index (χ4n) is 2.69. The average molecular weight is 362 g/mol. The van der Waals surface area contributed by atoms with Crippen molar-refractivity contribution in [2.75, 3.05) is 17.7 Å². The summed E-state index contributed by atoms with van der Waals surface area (Å²) in [6, 6.07) is 17.1. The van der Waals surface area contributed by atoms with Crippen LogP contribution in [0.4, 0.5) is 11.6 Å². The zero-order chi connectivity index (χ0) is 19.2. The molecule has 3 rings (SSSR count). The van der Waals surface area contributed by atoms with Crippen molar-refractivity contribution in [1.82, 2.24) is 9.97 Å². The number of hydrogen-bond acceptors (Lipinski definition) is 6. The zero-order valence-electron chi connectivity index (χ0n) is 15.3. The van der Waals surface area contributed by atoms with Gasteiger partial charge in [0.1, 0.15) is 0 Å². The molecule has 0 aliphatic heterocycles. The molecule has 0 saturated carbocycles. The first-order valence-corrected chi connectivity index (χ1v) is 8.80. The van der Waals surface area contributed by atoms with E-state index in [9.17, 15) is 4.79 Å². The summed E-state index contributed by atoms with van der Waals surface area (Å²) < 4.78 is 5.06. The van der Waals surface area contributed by atoms with Gasteiger partial charge >= 0.3 is 5.97 Å². The van der Waals surface area contributed by atoms with Crippen LogP contribution >= 0.6 is 0 Å². The molecule has 3 N–H and O–H groups in total. The molecule has 6 nitrogen and oxygen atoms in total. The Morgan fingerprint density at radius 3 is 2.70 bits per heavy atom. The number of nitrogen functional groups attached to an aromatic ring is 1. The van der Waals surface area contributed by atoms with E-state index in [0.717, 1.165) is 11.1 Å². The number of hydrogen-bond donors (Lipinski definition) is 2. The van der Waals surface area contributed by atoms with Crippen LogP contribution in [0.2, 0.25) is 0 Å². The lowest BCUT2D eigenvalue weighted by Gasteiger charge is -2.16. The Hall–Kier alpha value is -3.41. The number of nitrogens with one attached hydrogen (secondary N) is 1. The molecule has 0 bridgehead atoms. The second kappa shape index (κ2) is 8.31. The first-order chi connectivity index (χ1) is 13.1. The van der Waals surface area contributed by atoms with E-state index >= 15 is 0 Å². The molecule has 0 amide bonds. The summed E-state index contributed by atoms with van der Waals surface area (Å²) in [5, 5.41) is 3.30. The van der Waals surface area contributed by atoms with Gasteiger partial charge in [-0.1, -0.05) is 42.5 Å². The highest BCUT2D eigenvalue weighted by atomic mass is 16.5. The number of nitrogens with zero attached hydrogens (tertiary/aromatic N) is 2. The van der Waals surface area contributed by atoms with Crippen LogP contribution in [-0.4, -0.2) is 22.5 Å². The molecule has 0 aliphatic carbocycles. The van der Waals surface area contributed by atoms with Gasteiger partial charge in [-0.15, -0.1) is 0 Å². The van der Waals surface area contributed by atoms with Crippen molar-refractivity contribution in [2.45, 2.75) is 19.9 Å². The van der Waals surface area contributed by atoms with Crippen molar-refractivity contribution in [2.24, 2.45) is 0 Å². The molecule has 1 atom stereocenters. The molecule has 1 heterocycles. The van der Waals surface area contributed by atoms with Crippen LogP contribution < -0.4 is 11.1 Å². The minimum atomic E-state index is -0.362. The summed E-state index contributed by atoms with van der Waals surface area (Å²) >= 11 is 0. The number of esters is 1. The van der Waals surface area contributed by atoms with Gasteiger partial charge in [0.05, 0.1) is 30.1 Å². The van der Waals surface area contributed by atoms with Gasteiger partial charge in [-0.25, -0.2) is 14.8 Å². The lowest BCUT2D eigenvalue weighted by Crippen LogP contribution is -2.11. The van der Waals surface area contributed by atoms with Crippen molar-refractivity contribution in [3.05, 3.63) is 71.9 Å². The van der Waals surface area contributed by atoms with Gasteiger partial charge in [0.25, 0.3) is 0 Å². The van der Waals surface area contributed by atoms with E-state index in [1.54, 1.807) is 31.3 Å². The van der Waals surface area contributed by atoms with Crippen LogP contribution in [0.25, 0.3) is 11.3 Å². The van der Waals surface area contributed by atoms with Crippen molar-refractivity contribution in [3.8, 4) is 11.3 Å². The minimum absolute atomic E-state index is 0.0175. The lowest BCUT2D eigenvalue weighted by atomic mass is 10.1. The van der Waals surface area contributed by atoms with Crippen molar-refractivity contribution < 1.29 is 9.53 Å². The van der Waals surface area contributed by atoms with Gasteiger partial charge in [-0.3, -0.25) is 0 Å². The summed E-state index contributed by atoms with van der Waals surface area (Å²) in [5.41, 5.74) is 8.98. The standard InChI is InChI=1S/C21H22N4O2/c1-3-27-21(26)17-11-7-10-16(12-17)18-13-23-19(22)20(25-18)24-14(2)15-8-5-4-6-9-15/h4-14H,3H2,1-2H3,(H2,22,23)(H,24,25)/t14-/m1/s1. The minimum Gasteiger partial charge on any atom is -0.462 e. The maximum atomic E-state index is 12.0. The number of nitrogens with two attached hydrogens (primary N) is 1. The summed E-state index contributed by atoms with van der Waals surface area (Å²) in [6.45, 7) is 4.14. The van der Waals surface area contributed by atoms with Crippen LogP contribution in [0.15, 0.2) is 60.8 Å². The second-order valence-corrected chi connectivity index (χ2v) is 6.07. The number of carbonyl (C=O) groups excluding carboxylic acids is 1. The van der Waals surface area contributed by atoms with Gasteiger partial charge in [0, 0.05) is 5.56 Å². The van der Waals surface area contributed by atoms with Crippen molar-refractivity contribution >= 4 is 17.6 Å². The van der Waals surface area contributed by atoms with E-state index in [2.05, 4.69) is 15.3 Å². The van der Waals surface area contributed by atoms with Crippen LogP contribution in [0.3, 0.4) is 0 Å². The molecule has 1 aromatic heterocycles. The average Bonchev–Trinajstić information content (AvgIpc) is 2.70. The quantitative estimate of drug-likeness (QED) is 0.642. The number of ether oxygens (including phenoxy) is 1. The number of anilines is 2. The van der Waals surface area contributed by atoms with E-state index in [4.69, 9.17) is 10.5 Å². The topological polar surface area (TPSA) is 90.1 Å². The fraction of sp³-hybridized carbons (Fsp3) is 0.190. The summed E-state index contributed by atoms with van der Waals surface area (Å²) in [6.07, 6.45) is 1.60. The highest BCUT2D eigenvalue weighted by molar-refractivity contribution is 5.90. The lowest BCUT2D eigenvalue weighted by molar-refractivity contribution is 0.0526. The maximum Gasteiger partial charge on any atom is 0.338 e. The van der Waals surface area contributed by atoms with Gasteiger partial charge in [-0.05, 0) is 31.5 Å². The normalized spacial score (nSPS) is 11.6. The summed E-state index contributed by atoms with van der Waals surface area (Å²) in [7, 11) is 0. The van der Waals surface area contributed by atoms with Gasteiger partial charge < -0.3 is 15.8 Å². The van der Waals surface area contributed by atoms with Gasteiger partial charge in [-0.2, -0.15) is 0 Å². The third kappa shape index (κ3) is 4.41. The largest absolute Gasteiger partial charge is 0.462 e. The van der Waals surface area contributed by atoms with E-state index in [1.807, 2.05) is 43.3 Å². The number of carbonyl (C=O) groups is 1. The molecule has 27 heavy (non-hydrogen) atoms. The molecule has 2 aromatic carbocycles. The fourth-order valence-corrected chi connectivity index (χ4v) is 2.69. The molecule has 0 spiro atoms. The van der Waals surface area contributed by atoms with E-state index in [1.165, 1.54) is 0 Å². The van der Waals surface area contributed by atoms with E-state index in [-0.39, 0.29) is 12.0 Å². The van der Waals surface area contributed by atoms with Crippen LogP contribution in [0.1, 0.15) is 35.8 Å². The molecule has 138 valence electrons. The Labute approximate surface area is 158 Å². The SMILES string of the molecule is CCOC(=O)c1cccc(-c2cnc(N)c(N[C@H](C)c3ccccc3)n2)c1. The smallest absolute Gasteiger partial charge is 0.338 e. The molecule has 0 unspecified atom stereocenters. The van der Waals surface area contributed by atoms with Crippen molar-refractivity contribution in [1.29, 1.82) is 0 Å². The first-order valence-electron chi connectivity index (χ1n) is 8.80. The highest BCUT2D eigenvalue weighted by Gasteiger charge is 2.13.